The van der Waals surface area contributed by atoms with Gasteiger partial charge in [-0.3, -0.25) is 4.98 Å². The van der Waals surface area contributed by atoms with E-state index in [9.17, 15) is 0 Å². The van der Waals surface area contributed by atoms with Crippen LogP contribution < -0.4 is 5.32 Å². The highest BCUT2D eigenvalue weighted by atomic mass is 14.9. The SMILES string of the molecule is Cc1cc(C)c(C2C=C(c3ccccc3)c3ccc4c(-c5ccccc5)ccnc4c3N2)c(C)c1. The van der Waals surface area contributed by atoms with Crippen molar-refractivity contribution >= 4 is 22.2 Å². The van der Waals surface area contributed by atoms with Crippen LogP contribution in [0.15, 0.2) is 103 Å². The average molecular weight is 453 g/mol. The third kappa shape index (κ3) is 3.72. The number of benzene rings is 4. The largest absolute Gasteiger partial charge is 0.372 e. The molecule has 2 nitrogen and oxygen atoms in total. The van der Waals surface area contributed by atoms with Crippen molar-refractivity contribution < 1.29 is 0 Å². The molecule has 1 aliphatic rings. The average Bonchev–Trinajstić information content (AvgIpc) is 2.88. The lowest BCUT2D eigenvalue weighted by Crippen LogP contribution is -2.18. The van der Waals surface area contributed by atoms with E-state index in [1.165, 1.54) is 50.1 Å². The summed E-state index contributed by atoms with van der Waals surface area (Å²) < 4.78 is 0. The first-order valence-corrected chi connectivity index (χ1v) is 12.2. The van der Waals surface area contributed by atoms with E-state index in [0.717, 1.165) is 16.6 Å². The van der Waals surface area contributed by atoms with Crippen LogP contribution in [-0.2, 0) is 0 Å². The topological polar surface area (TPSA) is 24.9 Å². The Morgan fingerprint density at radius 2 is 1.34 bits per heavy atom. The summed E-state index contributed by atoms with van der Waals surface area (Å²) in [6, 6.07) is 32.5. The maximum absolute atomic E-state index is 4.91. The number of aryl methyl sites for hydroxylation is 3. The van der Waals surface area contributed by atoms with Gasteiger partial charge in [0.2, 0.25) is 0 Å². The molecule has 1 aliphatic heterocycles. The van der Waals surface area contributed by atoms with Crippen LogP contribution in [0.2, 0.25) is 0 Å². The fourth-order valence-corrected chi connectivity index (χ4v) is 5.62. The van der Waals surface area contributed by atoms with Crippen molar-refractivity contribution in [3.05, 3.63) is 137 Å². The molecule has 4 aromatic carbocycles. The number of hydrogen-bond donors (Lipinski definition) is 1. The predicted molar refractivity (Wildman–Crippen MR) is 148 cm³/mol. The zero-order valence-electron chi connectivity index (χ0n) is 20.3. The first-order valence-electron chi connectivity index (χ1n) is 12.2. The molecule has 170 valence electrons. The van der Waals surface area contributed by atoms with E-state index in [0.29, 0.717) is 0 Å². The minimum Gasteiger partial charge on any atom is -0.372 e. The van der Waals surface area contributed by atoms with E-state index >= 15 is 0 Å². The molecule has 35 heavy (non-hydrogen) atoms. The van der Waals surface area contributed by atoms with E-state index < -0.39 is 0 Å². The predicted octanol–water partition coefficient (Wildman–Crippen LogP) is 8.43. The van der Waals surface area contributed by atoms with Gasteiger partial charge in [-0.25, -0.2) is 0 Å². The molecule has 6 rings (SSSR count). The fourth-order valence-electron chi connectivity index (χ4n) is 5.62. The highest BCUT2D eigenvalue weighted by Gasteiger charge is 2.26. The highest BCUT2D eigenvalue weighted by Crippen LogP contribution is 2.44. The molecular weight excluding hydrogens is 424 g/mol. The van der Waals surface area contributed by atoms with Crippen molar-refractivity contribution in [1.29, 1.82) is 0 Å². The summed E-state index contributed by atoms with van der Waals surface area (Å²) in [5.74, 6) is 0. The molecule has 2 heterocycles. The van der Waals surface area contributed by atoms with Gasteiger partial charge in [0.05, 0.1) is 17.2 Å². The van der Waals surface area contributed by atoms with Crippen LogP contribution in [0.3, 0.4) is 0 Å². The smallest absolute Gasteiger partial charge is 0.0946 e. The maximum Gasteiger partial charge on any atom is 0.0946 e. The Hall–Kier alpha value is -4.17. The van der Waals surface area contributed by atoms with Crippen molar-refractivity contribution in [2.24, 2.45) is 0 Å². The Kier molecular flexibility index (Phi) is 5.22. The molecule has 0 saturated heterocycles. The number of pyridine rings is 1. The van der Waals surface area contributed by atoms with Crippen LogP contribution in [0.25, 0.3) is 27.6 Å². The zero-order valence-corrected chi connectivity index (χ0v) is 20.3. The second-order valence-corrected chi connectivity index (χ2v) is 9.49. The van der Waals surface area contributed by atoms with E-state index in [2.05, 4.69) is 123 Å². The normalized spacial score (nSPS) is 14.8. The minimum atomic E-state index is 0.0612. The van der Waals surface area contributed by atoms with Gasteiger partial charge in [-0.15, -0.1) is 0 Å². The third-order valence-electron chi connectivity index (χ3n) is 7.05. The lowest BCUT2D eigenvalue weighted by atomic mass is 9.85. The van der Waals surface area contributed by atoms with Gasteiger partial charge in [-0.05, 0) is 71.9 Å². The van der Waals surface area contributed by atoms with Gasteiger partial charge in [0, 0.05) is 17.1 Å². The Balaban J connectivity index is 1.61. The van der Waals surface area contributed by atoms with Gasteiger partial charge in [0.1, 0.15) is 0 Å². The quantitative estimate of drug-likeness (QED) is 0.297. The second kappa shape index (κ2) is 8.56. The summed E-state index contributed by atoms with van der Waals surface area (Å²) in [7, 11) is 0. The first-order chi connectivity index (χ1) is 17.1. The van der Waals surface area contributed by atoms with Crippen LogP contribution in [0.1, 0.15) is 39.4 Å². The van der Waals surface area contributed by atoms with Crippen molar-refractivity contribution in [3.8, 4) is 11.1 Å². The molecule has 0 radical (unpaired) electrons. The molecule has 0 aliphatic carbocycles. The lowest BCUT2D eigenvalue weighted by Gasteiger charge is -2.30. The van der Waals surface area contributed by atoms with Crippen molar-refractivity contribution in [2.75, 3.05) is 5.32 Å². The van der Waals surface area contributed by atoms with Gasteiger partial charge in [0.25, 0.3) is 0 Å². The number of hydrogen-bond acceptors (Lipinski definition) is 2. The number of nitrogens with zero attached hydrogens (tertiary/aromatic N) is 1. The Morgan fingerprint density at radius 1 is 0.686 bits per heavy atom. The molecule has 0 bridgehead atoms. The highest BCUT2D eigenvalue weighted by molar-refractivity contribution is 6.06. The summed E-state index contributed by atoms with van der Waals surface area (Å²) >= 11 is 0. The number of anilines is 1. The fraction of sp³-hybridized carbons (Fsp3) is 0.121. The summed E-state index contributed by atoms with van der Waals surface area (Å²) in [4.78, 5) is 4.91. The van der Waals surface area contributed by atoms with Crippen LogP contribution in [0, 0.1) is 20.8 Å². The number of aromatic nitrogens is 1. The van der Waals surface area contributed by atoms with Crippen molar-refractivity contribution in [2.45, 2.75) is 26.8 Å². The molecule has 0 amide bonds. The van der Waals surface area contributed by atoms with Crippen LogP contribution >= 0.6 is 0 Å². The molecular formula is C33H28N2. The molecule has 0 fully saturated rings. The molecule has 1 aromatic heterocycles. The molecule has 0 spiro atoms. The number of nitrogens with one attached hydrogen (secondary N) is 1. The van der Waals surface area contributed by atoms with Gasteiger partial charge in [0.15, 0.2) is 0 Å². The van der Waals surface area contributed by atoms with Crippen LogP contribution in [-0.4, -0.2) is 4.98 Å². The van der Waals surface area contributed by atoms with Gasteiger partial charge >= 0.3 is 0 Å². The summed E-state index contributed by atoms with van der Waals surface area (Å²) in [6.45, 7) is 6.61. The minimum absolute atomic E-state index is 0.0612. The number of fused-ring (bicyclic) bond motifs is 3. The molecule has 2 heteroatoms. The standard InChI is InChI=1S/C33H28N2/c1-21-18-22(2)31(23(3)19-21)30-20-29(25-12-8-5-9-13-25)28-15-14-27-26(24-10-6-4-7-11-24)16-17-34-32(27)33(28)35-30/h4-20,30,35H,1-3H3. The zero-order chi connectivity index (χ0) is 23.9. The van der Waals surface area contributed by atoms with Gasteiger partial charge in [-0.2, -0.15) is 0 Å². The second-order valence-electron chi connectivity index (χ2n) is 9.49. The lowest BCUT2D eigenvalue weighted by molar-refractivity contribution is 0.942. The Morgan fingerprint density at radius 3 is 2.03 bits per heavy atom. The van der Waals surface area contributed by atoms with E-state index in [-0.39, 0.29) is 6.04 Å². The van der Waals surface area contributed by atoms with Gasteiger partial charge in [-0.1, -0.05) is 90.5 Å². The van der Waals surface area contributed by atoms with E-state index in [1.54, 1.807) is 0 Å². The molecule has 1 unspecified atom stereocenters. The van der Waals surface area contributed by atoms with E-state index in [4.69, 9.17) is 4.98 Å². The monoisotopic (exact) mass is 452 g/mol. The van der Waals surface area contributed by atoms with Crippen molar-refractivity contribution in [1.82, 2.24) is 4.98 Å². The Labute approximate surface area is 207 Å². The summed E-state index contributed by atoms with van der Waals surface area (Å²) in [6.07, 6.45) is 4.32. The van der Waals surface area contributed by atoms with Gasteiger partial charge < -0.3 is 5.32 Å². The summed E-state index contributed by atoms with van der Waals surface area (Å²) in [5, 5.41) is 5.06. The van der Waals surface area contributed by atoms with Crippen LogP contribution in [0.5, 0.6) is 0 Å². The van der Waals surface area contributed by atoms with Crippen LogP contribution in [0.4, 0.5) is 5.69 Å². The van der Waals surface area contributed by atoms with Crippen molar-refractivity contribution in [3.63, 3.8) is 0 Å². The maximum atomic E-state index is 4.91. The molecule has 1 atom stereocenters. The third-order valence-corrected chi connectivity index (χ3v) is 7.05. The molecule has 5 aromatic rings. The molecule has 0 saturated carbocycles. The first kappa shape index (κ1) is 21.4. The Bertz CT molecular complexity index is 1560. The van der Waals surface area contributed by atoms with E-state index in [1.807, 2.05) is 6.20 Å². The molecule has 1 N–H and O–H groups in total. The number of rotatable bonds is 3. The summed E-state index contributed by atoms with van der Waals surface area (Å²) in [5.41, 5.74) is 13.4.